The molecule has 7 nitrogen and oxygen atoms in total. The topological polar surface area (TPSA) is 84.7 Å². The van der Waals surface area contributed by atoms with Crippen molar-refractivity contribution < 1.29 is 17.6 Å². The molecular weight excluding hydrogens is 443 g/mol. The molecule has 0 unspecified atom stereocenters. The second kappa shape index (κ2) is 9.40. The number of carbonyl (C=O) groups excluding carboxylic acids is 1. The zero-order chi connectivity index (χ0) is 23.6. The number of hydrogen-bond acceptors (Lipinski definition) is 6. The minimum Gasteiger partial charge on any atom is -0.371 e. The molecule has 2 aliphatic heterocycles. The number of rotatable bonds is 4. The summed E-state index contributed by atoms with van der Waals surface area (Å²) in [5.74, 6) is -0.746. The molecule has 2 aromatic carbocycles. The van der Waals surface area contributed by atoms with E-state index in [-0.39, 0.29) is 16.4 Å². The third-order valence-corrected chi connectivity index (χ3v) is 7.44. The third-order valence-electron chi connectivity index (χ3n) is 6.33. The van der Waals surface area contributed by atoms with Gasteiger partial charge in [-0.15, -0.1) is 0 Å². The number of nitrogens with zero attached hydrogens (tertiary/aromatic N) is 4. The van der Waals surface area contributed by atoms with Crippen LogP contribution in [0.1, 0.15) is 35.2 Å². The number of piperazine rings is 1. The first-order valence-electron chi connectivity index (χ1n) is 11.1. The fourth-order valence-corrected chi connectivity index (χ4v) is 5.10. The molecule has 33 heavy (non-hydrogen) atoms. The molecule has 0 saturated carbocycles. The van der Waals surface area contributed by atoms with Crippen LogP contribution in [-0.2, 0) is 9.84 Å². The van der Waals surface area contributed by atoms with Crippen molar-refractivity contribution in [2.45, 2.75) is 24.2 Å². The number of amides is 1. The Labute approximate surface area is 193 Å². The lowest BCUT2D eigenvalue weighted by atomic mass is 10.1. The molecule has 4 rings (SSSR count). The Morgan fingerprint density at radius 3 is 2.24 bits per heavy atom. The van der Waals surface area contributed by atoms with E-state index in [1.165, 1.54) is 18.2 Å². The maximum Gasteiger partial charge on any atom is 0.256 e. The van der Waals surface area contributed by atoms with Crippen molar-refractivity contribution in [3.8, 4) is 6.07 Å². The van der Waals surface area contributed by atoms with E-state index in [4.69, 9.17) is 5.26 Å². The predicted molar refractivity (Wildman–Crippen MR) is 125 cm³/mol. The van der Waals surface area contributed by atoms with Crippen molar-refractivity contribution in [1.29, 1.82) is 5.26 Å². The summed E-state index contributed by atoms with van der Waals surface area (Å²) in [7, 11) is -3.45. The quantitative estimate of drug-likeness (QED) is 0.683. The minimum atomic E-state index is -3.45. The van der Waals surface area contributed by atoms with E-state index in [1.54, 1.807) is 23.1 Å². The third kappa shape index (κ3) is 4.96. The molecule has 0 spiro atoms. The van der Waals surface area contributed by atoms with Gasteiger partial charge in [-0.25, -0.2) is 12.8 Å². The van der Waals surface area contributed by atoms with Gasteiger partial charge in [-0.05, 0) is 55.7 Å². The Kier molecular flexibility index (Phi) is 6.56. The Balaban J connectivity index is 1.55. The predicted octanol–water partition coefficient (Wildman–Crippen LogP) is 3.05. The number of benzene rings is 2. The largest absolute Gasteiger partial charge is 0.371 e. The molecule has 2 heterocycles. The summed E-state index contributed by atoms with van der Waals surface area (Å²) in [6.45, 7) is 3.59. The van der Waals surface area contributed by atoms with Crippen LogP contribution in [0.25, 0.3) is 0 Å². The Morgan fingerprint density at radius 2 is 1.64 bits per heavy atom. The standard InChI is InChI=1S/C24H27FN4O3S/c1-33(31,32)20-7-8-23(28-9-3-2-4-10-28)21(16-20)24(30)29-13-11-27(12-14-29)19-6-5-18(17-26)22(25)15-19/h5-8,15-16H,2-4,9-14H2,1H3. The summed E-state index contributed by atoms with van der Waals surface area (Å²) < 4.78 is 38.3. The lowest BCUT2D eigenvalue weighted by molar-refractivity contribution is 0.0747. The molecule has 0 aromatic heterocycles. The average molecular weight is 471 g/mol. The van der Waals surface area contributed by atoms with Crippen molar-refractivity contribution >= 4 is 27.1 Å². The monoisotopic (exact) mass is 470 g/mol. The Bertz CT molecular complexity index is 1190. The highest BCUT2D eigenvalue weighted by Crippen LogP contribution is 2.29. The van der Waals surface area contributed by atoms with Crippen LogP contribution in [0.5, 0.6) is 0 Å². The smallest absolute Gasteiger partial charge is 0.256 e. The summed E-state index contributed by atoms with van der Waals surface area (Å²) >= 11 is 0. The molecule has 1 amide bonds. The highest BCUT2D eigenvalue weighted by Gasteiger charge is 2.27. The van der Waals surface area contributed by atoms with Gasteiger partial charge in [0.15, 0.2) is 9.84 Å². The molecule has 0 radical (unpaired) electrons. The molecule has 2 fully saturated rings. The van der Waals surface area contributed by atoms with Gasteiger partial charge in [0.2, 0.25) is 0 Å². The summed E-state index contributed by atoms with van der Waals surface area (Å²) in [4.78, 5) is 19.5. The zero-order valence-corrected chi connectivity index (χ0v) is 19.4. The van der Waals surface area contributed by atoms with Gasteiger partial charge in [0.25, 0.3) is 5.91 Å². The number of hydrogen-bond donors (Lipinski definition) is 0. The minimum absolute atomic E-state index is 0.00330. The van der Waals surface area contributed by atoms with Crippen LogP contribution in [0, 0.1) is 17.1 Å². The van der Waals surface area contributed by atoms with Crippen molar-refractivity contribution in [3.05, 3.63) is 53.3 Å². The van der Waals surface area contributed by atoms with E-state index in [1.807, 2.05) is 11.0 Å². The van der Waals surface area contributed by atoms with Gasteiger partial charge < -0.3 is 14.7 Å². The number of nitriles is 1. The first-order valence-corrected chi connectivity index (χ1v) is 13.0. The number of carbonyl (C=O) groups is 1. The average Bonchev–Trinajstić information content (AvgIpc) is 2.83. The van der Waals surface area contributed by atoms with Crippen LogP contribution in [0.3, 0.4) is 0 Å². The highest BCUT2D eigenvalue weighted by atomic mass is 32.2. The molecule has 2 aliphatic rings. The van der Waals surface area contributed by atoms with Gasteiger partial charge in [0, 0.05) is 56.9 Å². The van der Waals surface area contributed by atoms with Gasteiger partial charge in [0.05, 0.1) is 16.0 Å². The summed E-state index contributed by atoms with van der Waals surface area (Å²) in [6, 6.07) is 11.2. The molecule has 174 valence electrons. The number of halogens is 1. The van der Waals surface area contributed by atoms with Crippen LogP contribution < -0.4 is 9.80 Å². The second-order valence-electron chi connectivity index (χ2n) is 8.55. The summed E-state index contributed by atoms with van der Waals surface area (Å²) in [5.41, 5.74) is 1.87. The van der Waals surface area contributed by atoms with E-state index < -0.39 is 15.7 Å². The molecule has 0 N–H and O–H groups in total. The summed E-state index contributed by atoms with van der Waals surface area (Å²) in [6.07, 6.45) is 4.38. The van der Waals surface area contributed by atoms with Crippen LogP contribution in [0.2, 0.25) is 0 Å². The SMILES string of the molecule is CS(=O)(=O)c1ccc(N2CCCCC2)c(C(=O)N2CCN(c3ccc(C#N)c(F)c3)CC2)c1. The first kappa shape index (κ1) is 23.1. The summed E-state index contributed by atoms with van der Waals surface area (Å²) in [5, 5.41) is 8.92. The lowest BCUT2D eigenvalue weighted by Gasteiger charge is -2.37. The van der Waals surface area contributed by atoms with Gasteiger partial charge in [-0.3, -0.25) is 4.79 Å². The molecular formula is C24H27FN4O3S. The Hall–Kier alpha value is -3.12. The number of sulfone groups is 1. The van der Waals surface area contributed by atoms with Crippen molar-refractivity contribution in [3.63, 3.8) is 0 Å². The highest BCUT2D eigenvalue weighted by molar-refractivity contribution is 7.90. The van der Waals surface area contributed by atoms with E-state index in [2.05, 4.69) is 4.90 Å². The van der Waals surface area contributed by atoms with E-state index in [9.17, 15) is 17.6 Å². The van der Waals surface area contributed by atoms with Gasteiger partial charge in [0.1, 0.15) is 11.9 Å². The molecule has 0 atom stereocenters. The fraction of sp³-hybridized carbons (Fsp3) is 0.417. The van der Waals surface area contributed by atoms with Crippen LogP contribution >= 0.6 is 0 Å². The van der Waals surface area contributed by atoms with Crippen LogP contribution in [-0.4, -0.2) is 64.7 Å². The Morgan fingerprint density at radius 1 is 0.939 bits per heavy atom. The number of anilines is 2. The van der Waals surface area contributed by atoms with Crippen molar-refractivity contribution in [1.82, 2.24) is 4.90 Å². The molecule has 2 aromatic rings. The fourth-order valence-electron chi connectivity index (χ4n) is 4.46. The van der Waals surface area contributed by atoms with Crippen LogP contribution in [0.15, 0.2) is 41.3 Å². The zero-order valence-electron chi connectivity index (χ0n) is 18.6. The lowest BCUT2D eigenvalue weighted by Crippen LogP contribution is -2.49. The first-order chi connectivity index (χ1) is 15.8. The van der Waals surface area contributed by atoms with Gasteiger partial charge in [-0.2, -0.15) is 5.26 Å². The van der Waals surface area contributed by atoms with E-state index in [0.717, 1.165) is 44.3 Å². The van der Waals surface area contributed by atoms with Crippen LogP contribution in [0.4, 0.5) is 15.8 Å². The molecule has 2 saturated heterocycles. The van der Waals surface area contributed by atoms with E-state index >= 15 is 0 Å². The molecule has 0 aliphatic carbocycles. The maximum atomic E-state index is 14.0. The second-order valence-corrected chi connectivity index (χ2v) is 10.6. The number of piperidine rings is 1. The van der Waals surface area contributed by atoms with Gasteiger partial charge in [-0.1, -0.05) is 0 Å². The van der Waals surface area contributed by atoms with Crippen molar-refractivity contribution in [2.75, 3.05) is 55.3 Å². The van der Waals surface area contributed by atoms with E-state index in [0.29, 0.717) is 37.4 Å². The molecule has 9 heteroatoms. The van der Waals surface area contributed by atoms with Gasteiger partial charge >= 0.3 is 0 Å². The normalized spacial score (nSPS) is 17.1. The molecule has 0 bridgehead atoms. The van der Waals surface area contributed by atoms with Crippen molar-refractivity contribution in [2.24, 2.45) is 0 Å². The maximum absolute atomic E-state index is 14.0.